The van der Waals surface area contributed by atoms with Gasteiger partial charge in [0.25, 0.3) is 0 Å². The largest absolute Gasteiger partial charge is 0.391 e. The lowest BCUT2D eigenvalue weighted by Gasteiger charge is -2.39. The Kier molecular flexibility index (Phi) is 2.52. The molecule has 1 aliphatic rings. The van der Waals surface area contributed by atoms with Crippen molar-refractivity contribution in [2.45, 2.75) is 31.5 Å². The number of aryl methyl sites for hydroxylation is 1. The second-order valence-corrected chi connectivity index (χ2v) is 3.99. The molecule has 2 unspecified atom stereocenters. The third-order valence-corrected chi connectivity index (χ3v) is 2.96. The SMILES string of the molecule is CN(Cc1nncn1C)C1CCC1O. The van der Waals surface area contributed by atoms with Gasteiger partial charge in [-0.05, 0) is 19.9 Å². The van der Waals surface area contributed by atoms with Gasteiger partial charge < -0.3 is 9.67 Å². The Hall–Kier alpha value is -0.940. The van der Waals surface area contributed by atoms with Crippen LogP contribution in [0.1, 0.15) is 18.7 Å². The Balaban J connectivity index is 1.94. The van der Waals surface area contributed by atoms with Crippen LogP contribution in [0.15, 0.2) is 6.33 Å². The molecule has 0 radical (unpaired) electrons. The van der Waals surface area contributed by atoms with Crippen LogP contribution < -0.4 is 0 Å². The Bertz CT molecular complexity index is 312. The molecule has 0 amide bonds. The monoisotopic (exact) mass is 196 g/mol. The first-order valence-electron chi connectivity index (χ1n) is 4.89. The second-order valence-electron chi connectivity index (χ2n) is 3.99. The minimum Gasteiger partial charge on any atom is -0.391 e. The van der Waals surface area contributed by atoms with Gasteiger partial charge in [0, 0.05) is 13.1 Å². The topological polar surface area (TPSA) is 54.2 Å². The van der Waals surface area contributed by atoms with Gasteiger partial charge in [0.2, 0.25) is 0 Å². The number of aromatic nitrogens is 3. The summed E-state index contributed by atoms with van der Waals surface area (Å²) in [6, 6.07) is 0.298. The molecule has 0 aromatic carbocycles. The lowest BCUT2D eigenvalue weighted by molar-refractivity contribution is -0.0142. The highest BCUT2D eigenvalue weighted by Gasteiger charge is 2.32. The zero-order chi connectivity index (χ0) is 10.1. The van der Waals surface area contributed by atoms with E-state index >= 15 is 0 Å². The molecular weight excluding hydrogens is 180 g/mol. The normalized spacial score (nSPS) is 26.6. The molecule has 2 atom stereocenters. The van der Waals surface area contributed by atoms with Crippen LogP contribution in [0.3, 0.4) is 0 Å². The first kappa shape index (κ1) is 9.61. The van der Waals surface area contributed by atoms with E-state index in [9.17, 15) is 5.11 Å². The van der Waals surface area contributed by atoms with Crippen LogP contribution in [0.2, 0.25) is 0 Å². The van der Waals surface area contributed by atoms with Crippen molar-refractivity contribution in [2.75, 3.05) is 7.05 Å². The van der Waals surface area contributed by atoms with Gasteiger partial charge in [-0.25, -0.2) is 0 Å². The summed E-state index contributed by atoms with van der Waals surface area (Å²) >= 11 is 0. The Morgan fingerprint density at radius 3 is 2.86 bits per heavy atom. The molecule has 0 aliphatic heterocycles. The summed E-state index contributed by atoms with van der Waals surface area (Å²) in [6.45, 7) is 0.748. The van der Waals surface area contributed by atoms with Gasteiger partial charge >= 0.3 is 0 Å². The van der Waals surface area contributed by atoms with Crippen molar-refractivity contribution in [3.05, 3.63) is 12.2 Å². The van der Waals surface area contributed by atoms with Gasteiger partial charge in [-0.3, -0.25) is 4.90 Å². The number of nitrogens with zero attached hydrogens (tertiary/aromatic N) is 4. The average molecular weight is 196 g/mol. The van der Waals surface area contributed by atoms with E-state index in [1.165, 1.54) is 0 Å². The molecule has 0 spiro atoms. The molecule has 1 aromatic rings. The van der Waals surface area contributed by atoms with Crippen LogP contribution in [0.25, 0.3) is 0 Å². The fraction of sp³-hybridized carbons (Fsp3) is 0.778. The molecule has 5 heteroatoms. The predicted octanol–water partition coefficient (Wildman–Crippen LogP) is -0.230. The molecule has 5 nitrogen and oxygen atoms in total. The van der Waals surface area contributed by atoms with E-state index in [0.717, 1.165) is 25.2 Å². The van der Waals surface area contributed by atoms with Crippen LogP contribution in [-0.2, 0) is 13.6 Å². The molecule has 1 aromatic heterocycles. The molecule has 78 valence electrons. The Morgan fingerprint density at radius 2 is 2.43 bits per heavy atom. The average Bonchev–Trinajstić information content (AvgIpc) is 2.49. The number of aliphatic hydroxyl groups excluding tert-OH is 1. The van der Waals surface area contributed by atoms with E-state index in [1.54, 1.807) is 6.33 Å². The smallest absolute Gasteiger partial charge is 0.146 e. The van der Waals surface area contributed by atoms with E-state index in [4.69, 9.17) is 0 Å². The summed E-state index contributed by atoms with van der Waals surface area (Å²) in [6.07, 6.45) is 3.54. The summed E-state index contributed by atoms with van der Waals surface area (Å²) in [5.74, 6) is 0.937. The first-order valence-corrected chi connectivity index (χ1v) is 4.89. The van der Waals surface area contributed by atoms with Crippen LogP contribution >= 0.6 is 0 Å². The third-order valence-electron chi connectivity index (χ3n) is 2.96. The van der Waals surface area contributed by atoms with Crippen molar-refractivity contribution >= 4 is 0 Å². The highest BCUT2D eigenvalue weighted by Crippen LogP contribution is 2.25. The summed E-state index contributed by atoms with van der Waals surface area (Å²) in [7, 11) is 3.95. The van der Waals surface area contributed by atoms with Crippen molar-refractivity contribution < 1.29 is 5.11 Å². The molecule has 0 bridgehead atoms. The van der Waals surface area contributed by atoms with Gasteiger partial charge in [-0.2, -0.15) is 0 Å². The number of hydrogen-bond donors (Lipinski definition) is 1. The van der Waals surface area contributed by atoms with E-state index in [1.807, 2.05) is 18.7 Å². The molecule has 2 rings (SSSR count). The third kappa shape index (κ3) is 1.65. The van der Waals surface area contributed by atoms with Crippen molar-refractivity contribution in [3.63, 3.8) is 0 Å². The lowest BCUT2D eigenvalue weighted by Crippen LogP contribution is -2.48. The van der Waals surface area contributed by atoms with Gasteiger partial charge in [-0.1, -0.05) is 0 Å². The quantitative estimate of drug-likeness (QED) is 0.725. The first-order chi connectivity index (χ1) is 6.68. The number of aliphatic hydroxyl groups is 1. The van der Waals surface area contributed by atoms with Gasteiger partial charge in [-0.15, -0.1) is 10.2 Å². The summed E-state index contributed by atoms with van der Waals surface area (Å²) in [4.78, 5) is 2.14. The van der Waals surface area contributed by atoms with Crippen LogP contribution in [0.4, 0.5) is 0 Å². The molecule has 1 saturated carbocycles. The lowest BCUT2D eigenvalue weighted by atomic mass is 9.88. The minimum atomic E-state index is -0.159. The number of rotatable bonds is 3. The summed E-state index contributed by atoms with van der Waals surface area (Å²) in [5, 5.41) is 17.3. The zero-order valence-corrected chi connectivity index (χ0v) is 8.59. The molecule has 0 saturated heterocycles. The van der Waals surface area contributed by atoms with E-state index in [-0.39, 0.29) is 6.10 Å². The van der Waals surface area contributed by atoms with Crippen LogP contribution in [0, 0.1) is 0 Å². The Labute approximate surface area is 83.4 Å². The maximum atomic E-state index is 9.49. The van der Waals surface area contributed by atoms with Gasteiger partial charge in [0.15, 0.2) is 0 Å². The van der Waals surface area contributed by atoms with Gasteiger partial charge in [0.1, 0.15) is 12.2 Å². The molecule has 1 heterocycles. The summed E-state index contributed by atoms with van der Waals surface area (Å²) < 4.78 is 1.90. The van der Waals surface area contributed by atoms with Crippen molar-refractivity contribution in [2.24, 2.45) is 7.05 Å². The Morgan fingerprint density at radius 1 is 1.64 bits per heavy atom. The highest BCUT2D eigenvalue weighted by molar-refractivity contribution is 4.91. The molecule has 1 aliphatic carbocycles. The molecule has 1 fully saturated rings. The fourth-order valence-corrected chi connectivity index (χ4v) is 1.77. The van der Waals surface area contributed by atoms with Crippen molar-refractivity contribution in [1.82, 2.24) is 19.7 Å². The highest BCUT2D eigenvalue weighted by atomic mass is 16.3. The van der Waals surface area contributed by atoms with E-state index < -0.39 is 0 Å². The van der Waals surface area contributed by atoms with E-state index in [2.05, 4.69) is 15.1 Å². The molecular formula is C9H16N4O. The van der Waals surface area contributed by atoms with Crippen molar-refractivity contribution in [3.8, 4) is 0 Å². The molecule has 1 N–H and O–H groups in total. The second kappa shape index (κ2) is 3.67. The fourth-order valence-electron chi connectivity index (χ4n) is 1.77. The summed E-state index contributed by atoms with van der Waals surface area (Å²) in [5.41, 5.74) is 0. The predicted molar refractivity (Wildman–Crippen MR) is 51.5 cm³/mol. The number of hydrogen-bond acceptors (Lipinski definition) is 4. The van der Waals surface area contributed by atoms with E-state index in [0.29, 0.717) is 6.04 Å². The van der Waals surface area contributed by atoms with Crippen molar-refractivity contribution in [1.29, 1.82) is 0 Å². The van der Waals surface area contributed by atoms with Crippen LogP contribution in [-0.4, -0.2) is 44.0 Å². The van der Waals surface area contributed by atoms with Gasteiger partial charge in [0.05, 0.1) is 12.6 Å². The maximum absolute atomic E-state index is 9.49. The standard InChI is InChI=1S/C9H16N4O/c1-12(7-3-4-8(7)14)5-9-11-10-6-13(9)2/h6-8,14H,3-5H2,1-2H3. The maximum Gasteiger partial charge on any atom is 0.146 e. The number of likely N-dealkylation sites (N-methyl/N-ethyl adjacent to an activating group) is 1. The minimum absolute atomic E-state index is 0.159. The zero-order valence-electron chi connectivity index (χ0n) is 8.59. The van der Waals surface area contributed by atoms with Crippen LogP contribution in [0.5, 0.6) is 0 Å². The molecule has 14 heavy (non-hydrogen) atoms.